The van der Waals surface area contributed by atoms with Crippen molar-refractivity contribution in [3.63, 3.8) is 0 Å². The Balaban J connectivity index is 1.44. The van der Waals surface area contributed by atoms with Crippen LogP contribution in [-0.4, -0.2) is 56.8 Å². The number of hydrogen-bond acceptors (Lipinski definition) is 4. The number of carbonyl (C=O) groups excluding carboxylic acids is 1. The van der Waals surface area contributed by atoms with E-state index in [1.54, 1.807) is 28.4 Å². The maximum Gasteiger partial charge on any atom is 0.243 e. The number of sulfonamides is 1. The Labute approximate surface area is 185 Å². The fraction of sp³-hybridized carbons (Fsp3) is 0.458. The van der Waals surface area contributed by atoms with E-state index in [1.165, 1.54) is 5.56 Å². The number of aryl methyl sites for hydroxylation is 2. The minimum Gasteiger partial charge on any atom is -0.492 e. The Kier molecular flexibility index (Phi) is 8.09. The maximum atomic E-state index is 12.7. The van der Waals surface area contributed by atoms with Gasteiger partial charge in [0.05, 0.1) is 11.4 Å². The summed E-state index contributed by atoms with van der Waals surface area (Å²) < 4.78 is 32.7. The molecule has 0 unspecified atom stereocenters. The van der Waals surface area contributed by atoms with E-state index in [4.69, 9.17) is 4.74 Å². The lowest BCUT2D eigenvalue weighted by Gasteiger charge is -2.25. The molecule has 3 rings (SSSR count). The summed E-state index contributed by atoms with van der Waals surface area (Å²) in [6.07, 6.45) is 3.88. The van der Waals surface area contributed by atoms with Crippen LogP contribution in [0.3, 0.4) is 0 Å². The molecule has 168 valence electrons. The molecule has 6 nitrogen and oxygen atoms in total. The summed E-state index contributed by atoms with van der Waals surface area (Å²) in [7, 11) is -1.64. The van der Waals surface area contributed by atoms with Crippen molar-refractivity contribution in [2.24, 2.45) is 0 Å². The third kappa shape index (κ3) is 6.55. The first-order chi connectivity index (χ1) is 14.9. The topological polar surface area (TPSA) is 66.9 Å². The first-order valence-corrected chi connectivity index (χ1v) is 12.3. The Bertz CT molecular complexity index is 950. The van der Waals surface area contributed by atoms with Gasteiger partial charge in [0.2, 0.25) is 15.9 Å². The highest BCUT2D eigenvalue weighted by Crippen LogP contribution is 2.21. The summed E-state index contributed by atoms with van der Waals surface area (Å²) in [6, 6.07) is 14.8. The van der Waals surface area contributed by atoms with Crippen LogP contribution in [0.1, 0.15) is 36.8 Å². The Morgan fingerprint density at radius 2 is 1.65 bits per heavy atom. The van der Waals surface area contributed by atoms with Crippen molar-refractivity contribution in [3.8, 4) is 5.75 Å². The first-order valence-electron chi connectivity index (χ1n) is 10.9. The van der Waals surface area contributed by atoms with Gasteiger partial charge in [-0.1, -0.05) is 36.2 Å². The highest BCUT2D eigenvalue weighted by molar-refractivity contribution is 7.89. The Morgan fingerprint density at radius 1 is 1.00 bits per heavy atom. The van der Waals surface area contributed by atoms with Gasteiger partial charge in [-0.25, -0.2) is 8.42 Å². The average molecular weight is 445 g/mol. The van der Waals surface area contributed by atoms with Crippen LogP contribution in [0.25, 0.3) is 0 Å². The number of rotatable bonds is 9. The molecule has 1 saturated heterocycles. The number of piperidine rings is 1. The van der Waals surface area contributed by atoms with Gasteiger partial charge in [-0.2, -0.15) is 4.31 Å². The first kappa shape index (κ1) is 23.3. The molecule has 0 aliphatic carbocycles. The molecule has 2 aromatic carbocycles. The standard InChI is InChI=1S/C24H32N2O4S/c1-20-6-11-22(12-7-20)30-19-18-25(2)24(27)15-10-21-8-13-23(14-9-21)31(28,29)26-16-4-3-5-17-26/h6-9,11-14H,3-5,10,15-19H2,1-2H3. The summed E-state index contributed by atoms with van der Waals surface area (Å²) in [5.74, 6) is 0.837. The molecular formula is C24H32N2O4S. The van der Waals surface area contributed by atoms with Crippen molar-refractivity contribution in [3.05, 3.63) is 59.7 Å². The maximum absolute atomic E-state index is 12.7. The lowest BCUT2D eigenvalue weighted by atomic mass is 10.1. The highest BCUT2D eigenvalue weighted by Gasteiger charge is 2.25. The number of amides is 1. The van der Waals surface area contributed by atoms with Crippen molar-refractivity contribution >= 4 is 15.9 Å². The monoisotopic (exact) mass is 444 g/mol. The van der Waals surface area contributed by atoms with Gasteiger partial charge in [0.25, 0.3) is 0 Å². The number of carbonyl (C=O) groups is 1. The molecule has 31 heavy (non-hydrogen) atoms. The second kappa shape index (κ2) is 10.8. The van der Waals surface area contributed by atoms with Crippen LogP contribution in [-0.2, 0) is 21.2 Å². The second-order valence-corrected chi connectivity index (χ2v) is 10.0. The number of likely N-dealkylation sites (N-methyl/N-ethyl adjacent to an activating group) is 1. The van der Waals surface area contributed by atoms with Gasteiger partial charge >= 0.3 is 0 Å². The number of nitrogens with zero attached hydrogens (tertiary/aromatic N) is 2. The summed E-state index contributed by atoms with van der Waals surface area (Å²) in [4.78, 5) is 14.4. The Morgan fingerprint density at radius 3 is 2.29 bits per heavy atom. The van der Waals surface area contributed by atoms with Gasteiger partial charge in [0.15, 0.2) is 0 Å². The molecule has 0 N–H and O–H groups in total. The molecule has 0 radical (unpaired) electrons. The number of benzene rings is 2. The Hall–Kier alpha value is -2.38. The molecule has 7 heteroatoms. The fourth-order valence-electron chi connectivity index (χ4n) is 3.58. The lowest BCUT2D eigenvalue weighted by molar-refractivity contribution is -0.130. The summed E-state index contributed by atoms with van der Waals surface area (Å²) in [5.41, 5.74) is 2.13. The lowest BCUT2D eigenvalue weighted by Crippen LogP contribution is -2.35. The van der Waals surface area contributed by atoms with Crippen LogP contribution < -0.4 is 4.74 Å². The minimum atomic E-state index is -3.41. The van der Waals surface area contributed by atoms with E-state index in [2.05, 4.69) is 0 Å². The van der Waals surface area contributed by atoms with E-state index in [-0.39, 0.29) is 5.91 Å². The molecule has 1 heterocycles. The van der Waals surface area contributed by atoms with Gasteiger partial charge in [-0.3, -0.25) is 4.79 Å². The van der Waals surface area contributed by atoms with Crippen LogP contribution in [0.15, 0.2) is 53.4 Å². The van der Waals surface area contributed by atoms with Crippen LogP contribution in [0.2, 0.25) is 0 Å². The summed E-state index contributed by atoms with van der Waals surface area (Å²) in [5, 5.41) is 0. The molecule has 1 fully saturated rings. The third-order valence-corrected chi connectivity index (χ3v) is 7.56. The summed E-state index contributed by atoms with van der Waals surface area (Å²) in [6.45, 7) is 4.17. The van der Waals surface area contributed by atoms with E-state index in [0.29, 0.717) is 44.0 Å². The van der Waals surface area contributed by atoms with Crippen molar-refractivity contribution in [1.29, 1.82) is 0 Å². The predicted octanol–water partition coefficient (Wildman–Crippen LogP) is 3.64. The smallest absolute Gasteiger partial charge is 0.243 e. The van der Waals surface area contributed by atoms with Crippen molar-refractivity contribution in [1.82, 2.24) is 9.21 Å². The minimum absolute atomic E-state index is 0.0394. The van der Waals surface area contributed by atoms with Gasteiger partial charge in [-0.05, 0) is 56.0 Å². The predicted molar refractivity (Wildman–Crippen MR) is 122 cm³/mol. The van der Waals surface area contributed by atoms with Gasteiger partial charge in [0, 0.05) is 26.6 Å². The fourth-order valence-corrected chi connectivity index (χ4v) is 5.10. The molecule has 1 aliphatic rings. The molecule has 0 aromatic heterocycles. The van der Waals surface area contributed by atoms with Crippen molar-refractivity contribution < 1.29 is 17.9 Å². The van der Waals surface area contributed by atoms with E-state index in [1.807, 2.05) is 43.3 Å². The molecule has 0 bridgehead atoms. The van der Waals surface area contributed by atoms with E-state index >= 15 is 0 Å². The third-order valence-electron chi connectivity index (χ3n) is 5.65. The second-order valence-electron chi connectivity index (χ2n) is 8.09. The van der Waals surface area contributed by atoms with Gasteiger partial charge in [0.1, 0.15) is 12.4 Å². The van der Waals surface area contributed by atoms with Crippen LogP contribution in [0.4, 0.5) is 0 Å². The van der Waals surface area contributed by atoms with Crippen molar-refractivity contribution in [2.45, 2.75) is 43.9 Å². The van der Waals surface area contributed by atoms with Crippen LogP contribution in [0, 0.1) is 6.92 Å². The molecule has 1 aliphatic heterocycles. The molecular weight excluding hydrogens is 412 g/mol. The normalized spacial score (nSPS) is 14.9. The molecule has 0 atom stereocenters. The zero-order valence-corrected chi connectivity index (χ0v) is 19.2. The van der Waals surface area contributed by atoms with E-state index in [0.717, 1.165) is 30.6 Å². The van der Waals surface area contributed by atoms with Crippen molar-refractivity contribution in [2.75, 3.05) is 33.3 Å². The zero-order chi connectivity index (χ0) is 22.3. The zero-order valence-electron chi connectivity index (χ0n) is 18.4. The van der Waals surface area contributed by atoms with Crippen LogP contribution >= 0.6 is 0 Å². The summed E-state index contributed by atoms with van der Waals surface area (Å²) >= 11 is 0. The van der Waals surface area contributed by atoms with Crippen LogP contribution in [0.5, 0.6) is 5.75 Å². The van der Waals surface area contributed by atoms with E-state index in [9.17, 15) is 13.2 Å². The van der Waals surface area contributed by atoms with Gasteiger partial charge in [-0.15, -0.1) is 0 Å². The SMILES string of the molecule is Cc1ccc(OCCN(C)C(=O)CCc2ccc(S(=O)(=O)N3CCCCC3)cc2)cc1. The molecule has 0 spiro atoms. The highest BCUT2D eigenvalue weighted by atomic mass is 32.2. The number of ether oxygens (including phenoxy) is 1. The van der Waals surface area contributed by atoms with Gasteiger partial charge < -0.3 is 9.64 Å². The van der Waals surface area contributed by atoms with E-state index < -0.39 is 10.0 Å². The molecule has 2 aromatic rings. The largest absolute Gasteiger partial charge is 0.492 e. The number of hydrogen-bond donors (Lipinski definition) is 0. The molecule has 1 amide bonds. The average Bonchev–Trinajstić information content (AvgIpc) is 2.79. The quantitative estimate of drug-likeness (QED) is 0.592. The molecule has 0 saturated carbocycles.